The van der Waals surface area contributed by atoms with Crippen molar-refractivity contribution in [3.05, 3.63) is 30.1 Å². The third-order valence-corrected chi connectivity index (χ3v) is 4.53. The number of nitrogens with zero attached hydrogens (tertiary/aromatic N) is 3. The van der Waals surface area contributed by atoms with E-state index in [0.29, 0.717) is 0 Å². The minimum atomic E-state index is -0.510. The molecule has 0 saturated carbocycles. The first kappa shape index (κ1) is 14.0. The van der Waals surface area contributed by atoms with E-state index in [1.54, 1.807) is 0 Å². The van der Waals surface area contributed by atoms with Crippen molar-refractivity contribution in [3.8, 4) is 0 Å². The van der Waals surface area contributed by atoms with Gasteiger partial charge in [0.15, 0.2) is 0 Å². The van der Waals surface area contributed by atoms with Crippen molar-refractivity contribution >= 4 is 0 Å². The summed E-state index contributed by atoms with van der Waals surface area (Å²) in [7, 11) is 0. The number of aliphatic hydroxyl groups is 1. The summed E-state index contributed by atoms with van der Waals surface area (Å²) in [6.07, 6.45) is 8.50. The average Bonchev–Trinajstić information content (AvgIpc) is 2.82. The van der Waals surface area contributed by atoms with Crippen LogP contribution in [0.15, 0.2) is 24.5 Å². The van der Waals surface area contributed by atoms with E-state index in [0.717, 1.165) is 45.7 Å². The topological polar surface area (TPSA) is 39.6 Å². The molecule has 1 aromatic rings. The molecular formula is C16H25N3O. The van der Waals surface area contributed by atoms with Crippen LogP contribution in [0.3, 0.4) is 0 Å². The van der Waals surface area contributed by atoms with Crippen LogP contribution in [0.4, 0.5) is 0 Å². The first-order valence-electron chi connectivity index (χ1n) is 7.80. The van der Waals surface area contributed by atoms with Crippen LogP contribution in [-0.2, 0) is 6.54 Å². The number of likely N-dealkylation sites (tertiary alicyclic amines) is 2. The summed E-state index contributed by atoms with van der Waals surface area (Å²) in [5, 5.41) is 10.8. The average molecular weight is 275 g/mol. The number of aromatic nitrogens is 1. The third kappa shape index (κ3) is 3.57. The van der Waals surface area contributed by atoms with Crippen molar-refractivity contribution < 1.29 is 5.11 Å². The molecule has 2 saturated heterocycles. The zero-order valence-electron chi connectivity index (χ0n) is 12.2. The lowest BCUT2D eigenvalue weighted by atomic mass is 10.0. The highest BCUT2D eigenvalue weighted by Crippen LogP contribution is 2.25. The van der Waals surface area contributed by atoms with Crippen LogP contribution in [-0.4, -0.2) is 58.2 Å². The number of hydrogen-bond donors (Lipinski definition) is 1. The summed E-state index contributed by atoms with van der Waals surface area (Å²) in [5.41, 5.74) is 0.770. The Balaban J connectivity index is 1.52. The third-order valence-electron chi connectivity index (χ3n) is 4.53. The summed E-state index contributed by atoms with van der Waals surface area (Å²) in [4.78, 5) is 8.86. The van der Waals surface area contributed by atoms with Gasteiger partial charge in [0, 0.05) is 38.6 Å². The molecule has 0 bridgehead atoms. The van der Waals surface area contributed by atoms with Crippen LogP contribution < -0.4 is 0 Å². The van der Waals surface area contributed by atoms with Gasteiger partial charge in [-0.25, -0.2) is 0 Å². The minimum absolute atomic E-state index is 0.510. The van der Waals surface area contributed by atoms with Crippen LogP contribution in [0, 0.1) is 0 Å². The van der Waals surface area contributed by atoms with E-state index in [-0.39, 0.29) is 0 Å². The molecule has 1 atom stereocenters. The lowest BCUT2D eigenvalue weighted by Gasteiger charge is -2.33. The largest absolute Gasteiger partial charge is 0.387 e. The van der Waals surface area contributed by atoms with Crippen LogP contribution in [0.25, 0.3) is 0 Å². The smallest absolute Gasteiger partial charge is 0.0912 e. The molecule has 110 valence electrons. The summed E-state index contributed by atoms with van der Waals surface area (Å²) in [6.45, 7) is 5.88. The predicted molar refractivity (Wildman–Crippen MR) is 79.4 cm³/mol. The normalized spacial score (nSPS) is 28.9. The van der Waals surface area contributed by atoms with E-state index >= 15 is 0 Å². The van der Waals surface area contributed by atoms with E-state index < -0.39 is 5.60 Å². The molecule has 1 N–H and O–H groups in total. The second kappa shape index (κ2) is 6.20. The molecule has 4 heteroatoms. The van der Waals surface area contributed by atoms with E-state index in [4.69, 9.17) is 0 Å². The first-order valence-corrected chi connectivity index (χ1v) is 7.80. The minimum Gasteiger partial charge on any atom is -0.387 e. The van der Waals surface area contributed by atoms with Gasteiger partial charge in [-0.3, -0.25) is 9.88 Å². The monoisotopic (exact) mass is 275 g/mol. The van der Waals surface area contributed by atoms with Gasteiger partial charge >= 0.3 is 0 Å². The second-order valence-corrected chi connectivity index (χ2v) is 6.38. The van der Waals surface area contributed by atoms with Gasteiger partial charge in [0.25, 0.3) is 0 Å². The number of rotatable bonds is 4. The van der Waals surface area contributed by atoms with Crippen LogP contribution >= 0.6 is 0 Å². The molecule has 0 radical (unpaired) electrons. The molecule has 20 heavy (non-hydrogen) atoms. The van der Waals surface area contributed by atoms with Gasteiger partial charge in [0.1, 0.15) is 0 Å². The number of piperidine rings is 1. The van der Waals surface area contributed by atoms with E-state index in [1.165, 1.54) is 24.8 Å². The lowest BCUT2D eigenvalue weighted by molar-refractivity contribution is 0.00635. The van der Waals surface area contributed by atoms with Crippen molar-refractivity contribution in [3.63, 3.8) is 0 Å². The zero-order chi connectivity index (χ0) is 13.8. The molecule has 0 amide bonds. The van der Waals surface area contributed by atoms with Gasteiger partial charge in [-0.05, 0) is 50.0 Å². The van der Waals surface area contributed by atoms with E-state index in [1.807, 2.05) is 12.4 Å². The molecule has 2 aliphatic heterocycles. The van der Waals surface area contributed by atoms with Crippen LogP contribution in [0.1, 0.15) is 31.2 Å². The van der Waals surface area contributed by atoms with Gasteiger partial charge in [-0.2, -0.15) is 0 Å². The van der Waals surface area contributed by atoms with Crippen molar-refractivity contribution in [2.45, 2.75) is 37.8 Å². The Hall–Kier alpha value is -0.970. The summed E-state index contributed by atoms with van der Waals surface area (Å²) < 4.78 is 0. The molecular weight excluding hydrogens is 250 g/mol. The summed E-state index contributed by atoms with van der Waals surface area (Å²) in [5.74, 6) is 0. The van der Waals surface area contributed by atoms with Gasteiger partial charge < -0.3 is 10.0 Å². The number of β-amino-alcohol motifs (C(OH)–C–C–N with tert-alkyl or cyclic N) is 1. The maximum atomic E-state index is 10.8. The fourth-order valence-corrected chi connectivity index (χ4v) is 3.48. The molecule has 1 aromatic heterocycles. The second-order valence-electron chi connectivity index (χ2n) is 6.38. The van der Waals surface area contributed by atoms with Crippen molar-refractivity contribution in [1.82, 2.24) is 14.8 Å². The lowest BCUT2D eigenvalue weighted by Crippen LogP contribution is -2.46. The fraction of sp³-hybridized carbons (Fsp3) is 0.688. The zero-order valence-corrected chi connectivity index (χ0v) is 12.2. The van der Waals surface area contributed by atoms with Crippen molar-refractivity contribution in [1.29, 1.82) is 0 Å². The molecule has 0 spiro atoms. The van der Waals surface area contributed by atoms with Crippen molar-refractivity contribution in [2.24, 2.45) is 0 Å². The molecule has 0 aliphatic carbocycles. The molecule has 3 rings (SSSR count). The molecule has 0 aromatic carbocycles. The standard InChI is InChI=1S/C16H25N3O/c20-16(13-18-9-2-1-3-10-18)6-11-19(14-16)12-15-4-7-17-8-5-15/h4-5,7-8,20H,1-3,6,9-14H2/t16-/m0/s1. The molecule has 4 nitrogen and oxygen atoms in total. The highest BCUT2D eigenvalue weighted by molar-refractivity contribution is 5.10. The predicted octanol–water partition coefficient (Wildman–Crippen LogP) is 1.50. The first-order chi connectivity index (χ1) is 9.73. The van der Waals surface area contributed by atoms with Gasteiger partial charge in [0.2, 0.25) is 0 Å². The molecule has 2 fully saturated rings. The quantitative estimate of drug-likeness (QED) is 0.904. The van der Waals surface area contributed by atoms with Crippen LogP contribution in [0.2, 0.25) is 0 Å². The Morgan fingerprint density at radius 2 is 1.80 bits per heavy atom. The van der Waals surface area contributed by atoms with Gasteiger partial charge in [0.05, 0.1) is 5.60 Å². The SMILES string of the molecule is O[C@]1(CN2CCCCC2)CCN(Cc2ccncc2)C1. The fourth-order valence-electron chi connectivity index (χ4n) is 3.48. The summed E-state index contributed by atoms with van der Waals surface area (Å²) in [6, 6.07) is 4.12. The van der Waals surface area contributed by atoms with Gasteiger partial charge in [-0.1, -0.05) is 6.42 Å². The van der Waals surface area contributed by atoms with E-state index in [2.05, 4.69) is 26.9 Å². The van der Waals surface area contributed by atoms with Crippen LogP contribution in [0.5, 0.6) is 0 Å². The Morgan fingerprint density at radius 3 is 2.55 bits per heavy atom. The number of hydrogen-bond acceptors (Lipinski definition) is 4. The maximum absolute atomic E-state index is 10.8. The van der Waals surface area contributed by atoms with Crippen molar-refractivity contribution in [2.75, 3.05) is 32.7 Å². The molecule has 2 aliphatic rings. The Labute approximate surface area is 121 Å². The Morgan fingerprint density at radius 1 is 1.05 bits per heavy atom. The maximum Gasteiger partial charge on any atom is 0.0912 e. The molecule has 0 unspecified atom stereocenters. The summed E-state index contributed by atoms with van der Waals surface area (Å²) >= 11 is 0. The van der Waals surface area contributed by atoms with Gasteiger partial charge in [-0.15, -0.1) is 0 Å². The highest BCUT2D eigenvalue weighted by Gasteiger charge is 2.37. The Bertz CT molecular complexity index is 419. The Kier molecular flexibility index (Phi) is 4.34. The van der Waals surface area contributed by atoms with E-state index in [9.17, 15) is 5.11 Å². The molecule has 3 heterocycles. The number of pyridine rings is 1. The highest BCUT2D eigenvalue weighted by atomic mass is 16.3.